The van der Waals surface area contributed by atoms with E-state index in [1.165, 1.54) is 70.0 Å². The molecule has 0 spiro atoms. The molecule has 0 amide bonds. The first-order chi connectivity index (χ1) is 39.6. The molecule has 0 saturated heterocycles. The van der Waals surface area contributed by atoms with Gasteiger partial charge in [-0.1, -0.05) is 178 Å². The summed E-state index contributed by atoms with van der Waals surface area (Å²) in [6, 6.07) is 55.6. The number of rotatable bonds is 5. The zero-order valence-corrected chi connectivity index (χ0v) is 52.8. The van der Waals surface area contributed by atoms with Crippen LogP contribution in [0.5, 0.6) is 0 Å². The van der Waals surface area contributed by atoms with Gasteiger partial charge in [0.15, 0.2) is 0 Å². The molecule has 0 bridgehead atoms. The summed E-state index contributed by atoms with van der Waals surface area (Å²) in [7, 11) is 0. The zero-order chi connectivity index (χ0) is 60.7. The molecule has 3 nitrogen and oxygen atoms in total. The van der Waals surface area contributed by atoms with E-state index in [2.05, 4.69) is 266 Å². The topological polar surface area (TPSA) is 9.72 Å². The Balaban J connectivity index is 1.17. The summed E-state index contributed by atoms with van der Waals surface area (Å²) in [5.41, 5.74) is 22.1. The highest BCUT2D eigenvalue weighted by molar-refractivity contribution is 7.26. The molecule has 8 aromatic carbocycles. The largest absolute Gasteiger partial charge is 0.311 e. The van der Waals surface area contributed by atoms with Crippen molar-refractivity contribution in [1.29, 1.82) is 0 Å². The van der Waals surface area contributed by atoms with E-state index in [1.54, 1.807) is 0 Å². The van der Waals surface area contributed by atoms with E-state index in [0.29, 0.717) is 5.56 Å². The summed E-state index contributed by atoms with van der Waals surface area (Å²) in [5, 5.41) is 2.45. The number of thiophene rings is 1. The maximum atomic E-state index is 9.47. The van der Waals surface area contributed by atoms with Crippen LogP contribution in [-0.2, 0) is 37.9 Å². The van der Waals surface area contributed by atoms with Crippen LogP contribution in [0.25, 0.3) is 20.2 Å². The number of benzene rings is 8. The van der Waals surface area contributed by atoms with Crippen LogP contribution in [0.3, 0.4) is 0 Å². The number of hydrogen-bond donors (Lipinski definition) is 0. The van der Waals surface area contributed by atoms with Crippen LogP contribution in [-0.4, -0.2) is 6.71 Å². The molecule has 418 valence electrons. The molecule has 2 aliphatic carbocycles. The third kappa shape index (κ3) is 8.70. The van der Waals surface area contributed by atoms with Crippen LogP contribution in [0.1, 0.15) is 192 Å². The average molecular weight is 1100 g/mol. The molecule has 0 unspecified atom stereocenters. The van der Waals surface area contributed by atoms with Crippen LogP contribution in [0.2, 0.25) is 0 Å². The second kappa shape index (κ2) is 18.2. The second-order valence-corrected chi connectivity index (χ2v) is 31.7. The number of fused-ring (bicyclic) bond motifs is 9. The van der Waals surface area contributed by atoms with E-state index in [-0.39, 0.29) is 44.6 Å². The standard InChI is InChI=1S/C77H86BN3S/c1-47-39-66-69-67(40-47)81(54-41-56-55-21-19-20-22-68(55)82-70(56)61(43-54)73(8,9)10)64-44-53(79(50-27-23-48(24-28-50)71(2,3)4)51-29-25-49(26-30-51)72(5,6)7)32-34-62(64)78(69)63-45-59-60(77(17,18)38-37-76(59,15)16)46-65(63)80(66)52-31-33-57-58(42-52)75(13,14)36-35-74(57,11)12/h19-34,39-46H,35-38H2,1-18H3/i1D3. The van der Waals surface area contributed by atoms with Gasteiger partial charge >= 0.3 is 0 Å². The molecule has 0 fully saturated rings. The van der Waals surface area contributed by atoms with Crippen molar-refractivity contribution in [2.45, 2.75) is 188 Å². The normalized spacial score (nSPS) is 18.2. The third-order valence-electron chi connectivity index (χ3n) is 19.9. The Morgan fingerprint density at radius 1 is 0.451 bits per heavy atom. The summed E-state index contributed by atoms with van der Waals surface area (Å²) < 4.78 is 31.0. The monoisotopic (exact) mass is 1100 g/mol. The lowest BCUT2D eigenvalue weighted by Gasteiger charge is -2.48. The molecule has 82 heavy (non-hydrogen) atoms. The van der Waals surface area contributed by atoms with E-state index in [0.717, 1.165) is 82.3 Å². The summed E-state index contributed by atoms with van der Waals surface area (Å²) in [6.45, 7) is 37.4. The van der Waals surface area contributed by atoms with Crippen molar-refractivity contribution in [3.05, 3.63) is 190 Å². The summed E-state index contributed by atoms with van der Waals surface area (Å²) >= 11 is 1.87. The van der Waals surface area contributed by atoms with Gasteiger partial charge < -0.3 is 14.7 Å². The molecule has 5 heteroatoms. The van der Waals surface area contributed by atoms with Gasteiger partial charge in [0.1, 0.15) is 0 Å². The third-order valence-corrected chi connectivity index (χ3v) is 21.1. The first-order valence-electron chi connectivity index (χ1n) is 31.9. The average Bonchev–Trinajstić information content (AvgIpc) is 0.919. The Bertz CT molecular complexity index is 4140. The molecule has 0 radical (unpaired) electrons. The molecule has 3 heterocycles. The highest BCUT2D eigenvalue weighted by Crippen LogP contribution is 2.54. The zero-order valence-electron chi connectivity index (χ0n) is 55.0. The minimum absolute atomic E-state index is 0.0197. The van der Waals surface area contributed by atoms with Crippen LogP contribution >= 0.6 is 11.3 Å². The first-order valence-corrected chi connectivity index (χ1v) is 31.2. The number of nitrogens with zero attached hydrogens (tertiary/aromatic N) is 3. The molecule has 13 rings (SSSR count). The molecule has 4 aliphatic rings. The number of aryl methyl sites for hydroxylation is 1. The lowest BCUT2D eigenvalue weighted by molar-refractivity contribution is 0.332. The van der Waals surface area contributed by atoms with Gasteiger partial charge in [0.05, 0.1) is 0 Å². The van der Waals surface area contributed by atoms with Gasteiger partial charge in [0.2, 0.25) is 0 Å². The van der Waals surface area contributed by atoms with Gasteiger partial charge in [-0.3, -0.25) is 0 Å². The van der Waals surface area contributed by atoms with Crippen LogP contribution in [0.4, 0.5) is 51.2 Å². The molecular weight excluding hydrogens is 1010 g/mol. The maximum Gasteiger partial charge on any atom is 0.252 e. The quantitative estimate of drug-likeness (QED) is 0.159. The lowest BCUT2D eigenvalue weighted by Crippen LogP contribution is -2.62. The molecule has 1 aromatic heterocycles. The predicted molar refractivity (Wildman–Crippen MR) is 359 cm³/mol. The van der Waals surface area contributed by atoms with Crippen LogP contribution < -0.4 is 31.1 Å². The SMILES string of the molecule is [2H]C([2H])([2H])c1cc2c3c(c1)N(c1ccc4c(c1)C(C)(C)CCC4(C)C)c1cc4c(cc1B3c1ccc(N(c3ccc(C(C)(C)C)cc3)c3ccc(C(C)(C)C)cc3)cc1N2c1cc(C(C)(C)C)c2sc3ccccc3c2c1)C(C)(C)CCC4(C)C. The second-order valence-electron chi connectivity index (χ2n) is 30.6. The van der Waals surface area contributed by atoms with Crippen molar-refractivity contribution in [1.82, 2.24) is 0 Å². The van der Waals surface area contributed by atoms with Crippen LogP contribution in [0, 0.1) is 6.85 Å². The van der Waals surface area contributed by atoms with E-state index in [4.69, 9.17) is 0 Å². The van der Waals surface area contributed by atoms with E-state index in [1.807, 2.05) is 23.5 Å². The molecule has 9 aromatic rings. The predicted octanol–water partition coefficient (Wildman–Crippen LogP) is 20.5. The van der Waals surface area contributed by atoms with Crippen molar-refractivity contribution < 1.29 is 4.11 Å². The highest BCUT2D eigenvalue weighted by atomic mass is 32.1. The van der Waals surface area contributed by atoms with Gasteiger partial charge in [-0.05, 0) is 216 Å². The Morgan fingerprint density at radius 3 is 1.52 bits per heavy atom. The summed E-state index contributed by atoms with van der Waals surface area (Å²) in [6.07, 6.45) is 4.38. The molecule has 0 atom stereocenters. The highest BCUT2D eigenvalue weighted by Gasteiger charge is 2.48. The Morgan fingerprint density at radius 2 is 0.963 bits per heavy atom. The first kappa shape index (κ1) is 51.1. The van der Waals surface area contributed by atoms with Gasteiger partial charge in [0, 0.05) is 75.5 Å². The summed E-state index contributed by atoms with van der Waals surface area (Å²) in [5.74, 6) is 0. The number of anilines is 9. The van der Waals surface area contributed by atoms with Gasteiger partial charge in [-0.15, -0.1) is 11.3 Å². The lowest BCUT2D eigenvalue weighted by atomic mass is 9.33. The van der Waals surface area contributed by atoms with Crippen molar-refractivity contribution in [3.8, 4) is 0 Å². The van der Waals surface area contributed by atoms with E-state index >= 15 is 0 Å². The van der Waals surface area contributed by atoms with Crippen molar-refractivity contribution in [3.63, 3.8) is 0 Å². The van der Waals surface area contributed by atoms with E-state index < -0.39 is 6.85 Å². The Kier molecular flexibility index (Phi) is 11.4. The fourth-order valence-electron chi connectivity index (χ4n) is 14.6. The fourth-order valence-corrected chi connectivity index (χ4v) is 16.0. The van der Waals surface area contributed by atoms with Crippen molar-refractivity contribution in [2.24, 2.45) is 0 Å². The number of hydrogen-bond acceptors (Lipinski definition) is 4. The summed E-state index contributed by atoms with van der Waals surface area (Å²) in [4.78, 5) is 7.39. The van der Waals surface area contributed by atoms with E-state index in [9.17, 15) is 4.11 Å². The molecule has 0 N–H and O–H groups in total. The van der Waals surface area contributed by atoms with Crippen molar-refractivity contribution >= 4 is 106 Å². The van der Waals surface area contributed by atoms with Gasteiger partial charge in [-0.2, -0.15) is 0 Å². The van der Waals surface area contributed by atoms with Gasteiger partial charge in [-0.25, -0.2) is 0 Å². The molecular formula is C77H86BN3S. The Hall–Kier alpha value is -6.56. The Labute approximate surface area is 500 Å². The van der Waals surface area contributed by atoms with Crippen LogP contribution in [0.15, 0.2) is 146 Å². The fraction of sp³-hybridized carbons (Fsp3) is 0.377. The van der Waals surface area contributed by atoms with Crippen molar-refractivity contribution in [2.75, 3.05) is 14.7 Å². The minimum Gasteiger partial charge on any atom is -0.311 e. The molecule has 2 aliphatic heterocycles. The van der Waals surface area contributed by atoms with Gasteiger partial charge in [0.25, 0.3) is 6.71 Å². The molecule has 0 saturated carbocycles. The smallest absolute Gasteiger partial charge is 0.252 e. The minimum atomic E-state index is -2.43. The maximum absolute atomic E-state index is 9.47.